The molecule has 0 amide bonds. The molecule has 0 unspecified atom stereocenters. The number of nitrogens with one attached hydrogen (secondary N) is 1. The molecule has 0 bridgehead atoms. The largest absolute Gasteiger partial charge is 0.643 e. The number of halogens is 3. The van der Waals surface area contributed by atoms with E-state index in [1.807, 2.05) is 0 Å². The van der Waals surface area contributed by atoms with Gasteiger partial charge < -0.3 is 4.98 Å². The van der Waals surface area contributed by atoms with Crippen LogP contribution in [0.25, 0.3) is 21.8 Å². The maximum atomic E-state index is 4.94. The van der Waals surface area contributed by atoms with Crippen LogP contribution in [0.2, 0.25) is 0 Å². The Labute approximate surface area is 116 Å². The standard InChI is InChI=1S/C12H9N.Al.3ClH/c1-3-7-11-9(5-1)10-6-2-4-8-12(10)13-11;;;;/h1-8,13H;;3*1H/q;+3;;;/p-3. The predicted octanol–water partition coefficient (Wildman–Crippen LogP) is 5.01. The molecule has 2 aromatic carbocycles. The smallest absolute Gasteiger partial charge is 0.355 e. The van der Waals surface area contributed by atoms with Crippen LogP contribution in [0.3, 0.4) is 0 Å². The number of hydrogen-bond donors (Lipinski definition) is 1. The molecule has 86 valence electrons. The molecule has 0 atom stereocenters. The zero-order chi connectivity index (χ0) is 12.3. The van der Waals surface area contributed by atoms with E-state index in [2.05, 4.69) is 53.5 Å². The lowest BCUT2D eigenvalue weighted by Gasteiger charge is -1.87. The maximum Gasteiger partial charge on any atom is 0.643 e. The number of aromatic nitrogens is 1. The van der Waals surface area contributed by atoms with Gasteiger partial charge in [0.25, 0.3) is 0 Å². The Morgan fingerprint density at radius 1 is 0.706 bits per heavy atom. The molecule has 0 fully saturated rings. The highest BCUT2D eigenvalue weighted by molar-refractivity contribution is 7.54. The van der Waals surface area contributed by atoms with Crippen LogP contribution in [0.1, 0.15) is 0 Å². The van der Waals surface area contributed by atoms with E-state index in [9.17, 15) is 0 Å². The van der Waals surface area contributed by atoms with Crippen LogP contribution in [-0.2, 0) is 0 Å². The van der Waals surface area contributed by atoms with E-state index < -0.39 is 11.4 Å². The number of hydrogen-bond acceptors (Lipinski definition) is 0. The van der Waals surface area contributed by atoms with Crippen LogP contribution < -0.4 is 0 Å². The lowest BCUT2D eigenvalue weighted by atomic mass is 10.2. The van der Waals surface area contributed by atoms with E-state index in [-0.39, 0.29) is 0 Å². The maximum absolute atomic E-state index is 4.94. The molecule has 0 aliphatic carbocycles. The summed E-state index contributed by atoms with van der Waals surface area (Å²) >= 11 is -1.72. The molecule has 1 nitrogen and oxygen atoms in total. The Kier molecular flexibility index (Phi) is 4.62. The molecule has 3 aromatic rings. The van der Waals surface area contributed by atoms with E-state index >= 15 is 0 Å². The fraction of sp³-hybridized carbons (Fsp3) is 0. The molecule has 3 rings (SSSR count). The van der Waals surface area contributed by atoms with Gasteiger partial charge in [-0.15, -0.1) is 0 Å². The molecule has 1 aromatic heterocycles. The number of rotatable bonds is 0. The summed E-state index contributed by atoms with van der Waals surface area (Å²) in [6.45, 7) is 0. The van der Waals surface area contributed by atoms with Gasteiger partial charge in [0.1, 0.15) is 0 Å². The Morgan fingerprint density at radius 2 is 1.06 bits per heavy atom. The Bertz CT molecular complexity index is 568. The van der Waals surface area contributed by atoms with E-state index in [1.165, 1.54) is 21.8 Å². The average Bonchev–Trinajstić information content (AvgIpc) is 2.66. The second-order valence-corrected chi connectivity index (χ2v) is 9.90. The summed E-state index contributed by atoms with van der Waals surface area (Å²) in [7, 11) is 14.8. The minimum absolute atomic E-state index is 1.21. The Balaban J connectivity index is 0.000000239. The first-order valence-corrected chi connectivity index (χ1v) is 10.3. The highest BCUT2D eigenvalue weighted by atomic mass is 35.8. The highest BCUT2D eigenvalue weighted by Gasteiger charge is 2.00. The van der Waals surface area contributed by atoms with Crippen LogP contribution in [0, 0.1) is 0 Å². The molecule has 0 spiro atoms. The van der Waals surface area contributed by atoms with Gasteiger partial charge in [0.15, 0.2) is 0 Å². The third-order valence-electron chi connectivity index (χ3n) is 2.41. The third-order valence-corrected chi connectivity index (χ3v) is 2.41. The van der Waals surface area contributed by atoms with Gasteiger partial charge in [0.2, 0.25) is 0 Å². The van der Waals surface area contributed by atoms with Crippen molar-refractivity contribution in [3.05, 3.63) is 48.5 Å². The first-order chi connectivity index (χ1) is 8.18. The molecule has 0 aliphatic rings. The van der Waals surface area contributed by atoms with Gasteiger partial charge in [-0.3, -0.25) is 0 Å². The van der Waals surface area contributed by atoms with Crippen LogP contribution in [0.4, 0.5) is 0 Å². The lowest BCUT2D eigenvalue weighted by Crippen LogP contribution is -1.66. The van der Waals surface area contributed by atoms with Gasteiger partial charge >= 0.3 is 11.4 Å². The summed E-state index contributed by atoms with van der Waals surface area (Å²) in [5, 5.41) is 2.61. The van der Waals surface area contributed by atoms with E-state index in [1.54, 1.807) is 0 Å². The molecule has 0 radical (unpaired) electrons. The average molecular weight is 301 g/mol. The molecule has 5 heteroatoms. The van der Waals surface area contributed by atoms with Crippen molar-refractivity contribution >= 4 is 63.3 Å². The van der Waals surface area contributed by atoms with E-state index in [0.29, 0.717) is 0 Å². The van der Waals surface area contributed by atoms with Gasteiger partial charge in [0.05, 0.1) is 0 Å². The van der Waals surface area contributed by atoms with Gasteiger partial charge in [-0.1, -0.05) is 36.4 Å². The fourth-order valence-corrected chi connectivity index (χ4v) is 1.80. The summed E-state index contributed by atoms with van der Waals surface area (Å²) in [5.74, 6) is 0. The minimum Gasteiger partial charge on any atom is -0.355 e. The molecule has 1 heterocycles. The van der Waals surface area contributed by atoms with Crippen molar-refractivity contribution in [2.24, 2.45) is 0 Å². The molecule has 1 N–H and O–H groups in total. The van der Waals surface area contributed by atoms with Crippen LogP contribution in [0.5, 0.6) is 0 Å². The zero-order valence-corrected chi connectivity index (χ0v) is 12.3. The monoisotopic (exact) mass is 299 g/mol. The summed E-state index contributed by atoms with van der Waals surface area (Å²) in [6.07, 6.45) is 0. The van der Waals surface area contributed by atoms with Gasteiger partial charge in [0, 0.05) is 21.8 Å². The number of aromatic amines is 1. The van der Waals surface area contributed by atoms with Crippen LogP contribution >= 0.6 is 30.1 Å². The number of para-hydroxylation sites is 2. The molecule has 0 saturated carbocycles. The SMILES string of the molecule is [Cl][Al]([Cl])[Cl].c1ccc2c(c1)[nH]c1ccccc12. The van der Waals surface area contributed by atoms with E-state index in [0.717, 1.165) is 0 Å². The van der Waals surface area contributed by atoms with Crippen molar-refractivity contribution in [3.63, 3.8) is 0 Å². The summed E-state index contributed by atoms with van der Waals surface area (Å²) < 4.78 is 0. The lowest BCUT2D eigenvalue weighted by molar-refractivity contribution is 1.55. The number of benzene rings is 2. The second kappa shape index (κ2) is 6.00. The molecule has 0 aliphatic heterocycles. The minimum atomic E-state index is -1.72. The first kappa shape index (κ1) is 13.1. The number of fused-ring (bicyclic) bond motifs is 3. The zero-order valence-electron chi connectivity index (χ0n) is 8.83. The topological polar surface area (TPSA) is 15.8 Å². The molecule has 17 heavy (non-hydrogen) atoms. The quantitative estimate of drug-likeness (QED) is 0.562. The van der Waals surface area contributed by atoms with Crippen molar-refractivity contribution in [2.45, 2.75) is 0 Å². The van der Waals surface area contributed by atoms with E-state index in [4.69, 9.17) is 30.1 Å². The summed E-state index contributed by atoms with van der Waals surface area (Å²) in [4.78, 5) is 3.38. The second-order valence-electron chi connectivity index (χ2n) is 3.46. The summed E-state index contributed by atoms with van der Waals surface area (Å²) in [5.41, 5.74) is 2.42. The van der Waals surface area contributed by atoms with Crippen molar-refractivity contribution < 1.29 is 0 Å². The summed E-state index contributed by atoms with van der Waals surface area (Å²) in [6, 6.07) is 16.8. The van der Waals surface area contributed by atoms with Gasteiger partial charge in [-0.2, -0.15) is 0 Å². The number of H-pyrrole nitrogens is 1. The van der Waals surface area contributed by atoms with Crippen molar-refractivity contribution in [1.82, 2.24) is 4.98 Å². The predicted molar refractivity (Wildman–Crippen MR) is 79.1 cm³/mol. The first-order valence-electron chi connectivity index (χ1n) is 5.06. The third kappa shape index (κ3) is 3.31. The normalized spacial score (nSPS) is 10.1. The molecule has 0 saturated heterocycles. The van der Waals surface area contributed by atoms with Crippen molar-refractivity contribution in [3.8, 4) is 0 Å². The van der Waals surface area contributed by atoms with Crippen LogP contribution in [-0.4, -0.2) is 16.4 Å². The Morgan fingerprint density at radius 3 is 1.47 bits per heavy atom. The highest BCUT2D eigenvalue weighted by Crippen LogP contribution is 2.24. The van der Waals surface area contributed by atoms with Crippen LogP contribution in [0.15, 0.2) is 48.5 Å². The fourth-order valence-electron chi connectivity index (χ4n) is 1.80. The van der Waals surface area contributed by atoms with Crippen molar-refractivity contribution in [1.29, 1.82) is 0 Å². The van der Waals surface area contributed by atoms with Crippen molar-refractivity contribution in [2.75, 3.05) is 0 Å². The molecular formula is C12H9AlCl3N. The molecular weight excluding hydrogens is 291 g/mol. The van der Waals surface area contributed by atoms with Gasteiger partial charge in [-0.25, -0.2) is 30.1 Å². The van der Waals surface area contributed by atoms with Gasteiger partial charge in [-0.05, 0) is 12.1 Å². The Hall–Kier alpha value is -0.358.